The van der Waals surface area contributed by atoms with Crippen LogP contribution in [0.15, 0.2) is 85.1 Å². The first-order chi connectivity index (χ1) is 17.0. The number of carbonyl (C=O) groups excluding carboxylic acids is 1. The van der Waals surface area contributed by atoms with Crippen molar-refractivity contribution < 1.29 is 13.9 Å². The number of amides is 1. The fourth-order valence-electron chi connectivity index (χ4n) is 3.93. The lowest BCUT2D eigenvalue weighted by Gasteiger charge is -2.22. The number of carbonyl (C=O) groups is 1. The number of hydrogen-bond acceptors (Lipinski definition) is 5. The third-order valence-corrected chi connectivity index (χ3v) is 6.81. The summed E-state index contributed by atoms with van der Waals surface area (Å²) in [6, 6.07) is 23.5. The maximum Gasteiger partial charge on any atom is 0.278 e. The van der Waals surface area contributed by atoms with Gasteiger partial charge in [0.2, 0.25) is 0 Å². The number of aryl methyl sites for hydroxylation is 1. The molecule has 174 valence electrons. The van der Waals surface area contributed by atoms with E-state index in [4.69, 9.17) is 4.74 Å². The van der Waals surface area contributed by atoms with Crippen LogP contribution in [-0.2, 0) is 6.54 Å². The zero-order valence-corrected chi connectivity index (χ0v) is 20.1. The van der Waals surface area contributed by atoms with E-state index in [1.165, 1.54) is 23.2 Å². The van der Waals surface area contributed by atoms with Gasteiger partial charge in [0, 0.05) is 15.4 Å². The zero-order chi connectivity index (χ0) is 24.4. The summed E-state index contributed by atoms with van der Waals surface area (Å²) >= 11 is 1.59. The van der Waals surface area contributed by atoms with E-state index in [1.54, 1.807) is 30.6 Å². The molecule has 5 rings (SSSR count). The van der Waals surface area contributed by atoms with Crippen molar-refractivity contribution in [2.45, 2.75) is 13.5 Å². The average molecular weight is 484 g/mol. The lowest BCUT2D eigenvalue weighted by atomic mass is 10.1. The van der Waals surface area contributed by atoms with Crippen molar-refractivity contribution in [1.29, 1.82) is 0 Å². The highest BCUT2D eigenvalue weighted by Crippen LogP contribution is 2.33. The van der Waals surface area contributed by atoms with Crippen LogP contribution in [0.4, 0.5) is 10.1 Å². The van der Waals surface area contributed by atoms with Crippen molar-refractivity contribution in [3.63, 3.8) is 0 Å². The Morgan fingerprint density at radius 1 is 1.00 bits per heavy atom. The van der Waals surface area contributed by atoms with Crippen molar-refractivity contribution in [2.24, 2.45) is 0 Å². The number of methoxy groups -OCH3 is 1. The predicted octanol–water partition coefficient (Wildman–Crippen LogP) is 6.66. The lowest BCUT2D eigenvalue weighted by molar-refractivity contribution is 0.0980. The molecule has 7 heteroatoms. The van der Waals surface area contributed by atoms with E-state index in [2.05, 4.69) is 16.0 Å². The quantitative estimate of drug-likeness (QED) is 0.271. The first kappa shape index (κ1) is 22.7. The van der Waals surface area contributed by atoms with Gasteiger partial charge in [-0.25, -0.2) is 9.37 Å². The van der Waals surface area contributed by atoms with E-state index in [-0.39, 0.29) is 18.1 Å². The van der Waals surface area contributed by atoms with Crippen LogP contribution in [0.25, 0.3) is 21.5 Å². The van der Waals surface area contributed by atoms with Crippen LogP contribution in [0.1, 0.15) is 20.9 Å². The molecule has 5 aromatic rings. The Labute approximate surface area is 206 Å². The molecule has 0 aliphatic carbocycles. The summed E-state index contributed by atoms with van der Waals surface area (Å²) in [7, 11) is 1.66. The molecule has 0 saturated heterocycles. The minimum atomic E-state index is -0.412. The zero-order valence-electron chi connectivity index (χ0n) is 19.2. The van der Waals surface area contributed by atoms with Crippen molar-refractivity contribution in [3.8, 4) is 16.2 Å². The van der Waals surface area contributed by atoms with Crippen LogP contribution in [0, 0.1) is 12.7 Å². The molecule has 0 aliphatic heterocycles. The van der Waals surface area contributed by atoms with Gasteiger partial charge in [-0.1, -0.05) is 18.2 Å². The van der Waals surface area contributed by atoms with E-state index in [1.807, 2.05) is 55.5 Å². The Bertz CT molecular complexity index is 1530. The van der Waals surface area contributed by atoms with Crippen LogP contribution >= 0.6 is 11.3 Å². The fraction of sp³-hybridized carbons (Fsp3) is 0.107. The van der Waals surface area contributed by atoms with E-state index < -0.39 is 5.82 Å². The van der Waals surface area contributed by atoms with Crippen LogP contribution < -0.4 is 9.64 Å². The maximum atomic E-state index is 14.1. The molecule has 35 heavy (non-hydrogen) atoms. The molecule has 0 aliphatic rings. The van der Waals surface area contributed by atoms with Gasteiger partial charge in [-0.15, -0.1) is 11.3 Å². The highest BCUT2D eigenvalue weighted by atomic mass is 32.1. The number of anilines is 1. The van der Waals surface area contributed by atoms with E-state index >= 15 is 0 Å². The molecule has 0 unspecified atom stereocenters. The Balaban J connectivity index is 1.48. The number of rotatable bonds is 6. The molecule has 3 aromatic carbocycles. The molecule has 2 aromatic heterocycles. The second kappa shape index (κ2) is 9.64. The molecule has 5 nitrogen and oxygen atoms in total. The van der Waals surface area contributed by atoms with Crippen molar-refractivity contribution in [1.82, 2.24) is 9.97 Å². The Morgan fingerprint density at radius 2 is 1.83 bits per heavy atom. The summed E-state index contributed by atoms with van der Waals surface area (Å²) in [5.41, 5.74) is 4.12. The summed E-state index contributed by atoms with van der Waals surface area (Å²) in [6.45, 7) is 2.28. The summed E-state index contributed by atoms with van der Waals surface area (Å²) in [5.74, 6) is 0.0828. The van der Waals surface area contributed by atoms with Gasteiger partial charge < -0.3 is 9.64 Å². The van der Waals surface area contributed by atoms with E-state index in [9.17, 15) is 9.18 Å². The molecule has 0 saturated carbocycles. The lowest BCUT2D eigenvalue weighted by Crippen LogP contribution is -2.31. The largest absolute Gasteiger partial charge is 0.496 e. The first-order valence-electron chi connectivity index (χ1n) is 11.0. The molecule has 0 bridgehead atoms. The fourth-order valence-corrected chi connectivity index (χ4v) is 4.92. The summed E-state index contributed by atoms with van der Waals surface area (Å²) in [6.07, 6.45) is 1.47. The molecule has 1 amide bonds. The maximum absolute atomic E-state index is 14.1. The molecular weight excluding hydrogens is 461 g/mol. The average Bonchev–Trinajstić information content (AvgIpc) is 3.35. The smallest absolute Gasteiger partial charge is 0.278 e. The number of fused-ring (bicyclic) bond motifs is 1. The Morgan fingerprint density at radius 3 is 2.60 bits per heavy atom. The molecule has 0 N–H and O–H groups in total. The molecule has 0 fully saturated rings. The minimum Gasteiger partial charge on any atom is -0.496 e. The van der Waals surface area contributed by atoms with Crippen molar-refractivity contribution in [2.75, 3.05) is 12.0 Å². The Hall–Kier alpha value is -4.10. The van der Waals surface area contributed by atoms with Crippen LogP contribution in [-0.4, -0.2) is 23.0 Å². The van der Waals surface area contributed by atoms with E-state index in [0.717, 1.165) is 26.6 Å². The normalized spacial score (nSPS) is 10.9. The monoisotopic (exact) mass is 483 g/mol. The van der Waals surface area contributed by atoms with Crippen LogP contribution in [0.3, 0.4) is 0 Å². The third kappa shape index (κ3) is 4.76. The second-order valence-corrected chi connectivity index (χ2v) is 9.23. The van der Waals surface area contributed by atoms with Crippen molar-refractivity contribution in [3.05, 3.63) is 107 Å². The molecular formula is C28H22FN3O2S. The van der Waals surface area contributed by atoms with Crippen LogP contribution in [0.2, 0.25) is 0 Å². The number of thiophene rings is 1. The molecule has 2 heterocycles. The van der Waals surface area contributed by atoms with Crippen LogP contribution in [0.5, 0.6) is 5.75 Å². The van der Waals surface area contributed by atoms with Gasteiger partial charge in [0.15, 0.2) is 0 Å². The number of nitrogens with zero attached hydrogens (tertiary/aromatic N) is 3. The number of hydrogen-bond donors (Lipinski definition) is 0. The van der Waals surface area contributed by atoms with Crippen molar-refractivity contribution >= 4 is 34.0 Å². The number of benzene rings is 3. The summed E-state index contributed by atoms with van der Waals surface area (Å²) < 4.78 is 19.5. The minimum absolute atomic E-state index is 0.204. The standard InChI is InChI=1S/C28H22FN3O2S/c1-18-14-19(10-12-26(18)34-2)27-13-11-22(35-27)17-32(21-7-5-6-20(29)15-21)28(33)25-16-30-23-8-3-4-9-24(23)31-25/h3-16H,17H2,1-2H3. The SMILES string of the molecule is COc1ccc(-c2ccc(CN(C(=O)c3cnc4ccccc4n3)c3cccc(F)c3)s2)cc1C. The highest BCUT2D eigenvalue weighted by Gasteiger charge is 2.22. The summed E-state index contributed by atoms with van der Waals surface area (Å²) in [5, 5.41) is 0. The Kier molecular flexibility index (Phi) is 6.25. The summed E-state index contributed by atoms with van der Waals surface area (Å²) in [4.78, 5) is 26.0. The number of ether oxygens (including phenoxy) is 1. The van der Waals surface area contributed by atoms with Gasteiger partial charge in [0.1, 0.15) is 17.3 Å². The number of aromatic nitrogens is 2. The highest BCUT2D eigenvalue weighted by molar-refractivity contribution is 7.15. The van der Waals surface area contributed by atoms with E-state index in [0.29, 0.717) is 16.7 Å². The van der Waals surface area contributed by atoms with Gasteiger partial charge in [-0.2, -0.15) is 0 Å². The van der Waals surface area contributed by atoms with Gasteiger partial charge >= 0.3 is 0 Å². The molecule has 0 spiro atoms. The molecule has 0 radical (unpaired) electrons. The number of para-hydroxylation sites is 2. The van der Waals surface area contributed by atoms with Gasteiger partial charge in [-0.3, -0.25) is 9.78 Å². The van der Waals surface area contributed by atoms with Gasteiger partial charge in [0.05, 0.1) is 30.9 Å². The third-order valence-electron chi connectivity index (χ3n) is 5.69. The predicted molar refractivity (Wildman–Crippen MR) is 137 cm³/mol. The van der Waals surface area contributed by atoms with Gasteiger partial charge in [-0.05, 0) is 78.7 Å². The molecule has 0 atom stereocenters. The van der Waals surface area contributed by atoms with Gasteiger partial charge in [0.25, 0.3) is 5.91 Å². The topological polar surface area (TPSA) is 55.3 Å². The first-order valence-corrected chi connectivity index (χ1v) is 11.9. The second-order valence-electron chi connectivity index (χ2n) is 8.07. The number of halogens is 1.